The fourth-order valence-electron chi connectivity index (χ4n) is 0.995. The molecule has 0 spiro atoms. The molecule has 0 amide bonds. The molecule has 1 aliphatic heterocycles. The molecule has 2 heterocycles. The van der Waals surface area contributed by atoms with Crippen molar-refractivity contribution in [3.05, 3.63) is 12.3 Å². The average molecular weight is 151 g/mol. The summed E-state index contributed by atoms with van der Waals surface area (Å²) < 4.78 is 0. The highest BCUT2D eigenvalue weighted by atomic mass is 15.8. The lowest BCUT2D eigenvalue weighted by Gasteiger charge is -2.11. The van der Waals surface area contributed by atoms with Gasteiger partial charge < -0.3 is 5.73 Å². The summed E-state index contributed by atoms with van der Waals surface area (Å²) in [6, 6.07) is 1.74. The van der Waals surface area contributed by atoms with Gasteiger partial charge in [-0.05, 0) is 0 Å². The van der Waals surface area contributed by atoms with Crippen LogP contribution in [-0.4, -0.2) is 22.6 Å². The zero-order valence-electron chi connectivity index (χ0n) is 6.01. The Hall–Kier alpha value is -1.52. The van der Waals surface area contributed by atoms with Gasteiger partial charge in [-0.25, -0.2) is 0 Å². The van der Waals surface area contributed by atoms with Crippen molar-refractivity contribution in [1.82, 2.24) is 9.89 Å². The van der Waals surface area contributed by atoms with Gasteiger partial charge in [-0.2, -0.15) is 15.0 Å². The Bertz CT molecular complexity index is 276. The van der Waals surface area contributed by atoms with Crippen LogP contribution in [-0.2, 0) is 0 Å². The van der Waals surface area contributed by atoms with E-state index in [1.165, 1.54) is 0 Å². The van der Waals surface area contributed by atoms with Gasteiger partial charge in [0.2, 0.25) is 0 Å². The van der Waals surface area contributed by atoms with Crippen LogP contribution in [0.25, 0.3) is 0 Å². The molecule has 0 bridgehead atoms. The first-order valence-corrected chi connectivity index (χ1v) is 3.48. The van der Waals surface area contributed by atoms with Gasteiger partial charge in [0.05, 0.1) is 12.7 Å². The van der Waals surface area contributed by atoms with Crippen LogP contribution in [0.4, 0.5) is 5.82 Å². The summed E-state index contributed by atoms with van der Waals surface area (Å²) in [6.45, 7) is 0.876. The summed E-state index contributed by atoms with van der Waals surface area (Å²) in [5.74, 6) is 0.520. The lowest BCUT2D eigenvalue weighted by atomic mass is 10.5. The SMILES string of the molecule is Nc1ccn(N2CCC=N2)n1. The first kappa shape index (κ1) is 6.21. The fraction of sp³-hybridized carbons (Fsp3) is 0.333. The van der Waals surface area contributed by atoms with E-state index in [1.807, 2.05) is 6.21 Å². The lowest BCUT2D eigenvalue weighted by molar-refractivity contribution is 0.576. The summed E-state index contributed by atoms with van der Waals surface area (Å²) in [6.07, 6.45) is 4.62. The Kier molecular flexibility index (Phi) is 1.28. The van der Waals surface area contributed by atoms with Crippen LogP contribution in [0.2, 0.25) is 0 Å². The van der Waals surface area contributed by atoms with Crippen molar-refractivity contribution >= 4 is 12.0 Å². The van der Waals surface area contributed by atoms with Crippen LogP contribution in [0, 0.1) is 0 Å². The molecule has 0 saturated heterocycles. The highest BCUT2D eigenvalue weighted by Gasteiger charge is 2.07. The number of hydrogen-bond donors (Lipinski definition) is 1. The van der Waals surface area contributed by atoms with E-state index >= 15 is 0 Å². The zero-order chi connectivity index (χ0) is 7.68. The number of nitrogen functional groups attached to an aromatic ring is 1. The molecule has 2 N–H and O–H groups in total. The van der Waals surface area contributed by atoms with E-state index in [2.05, 4.69) is 10.2 Å². The van der Waals surface area contributed by atoms with Crippen LogP contribution in [0.1, 0.15) is 6.42 Å². The summed E-state index contributed by atoms with van der Waals surface area (Å²) >= 11 is 0. The largest absolute Gasteiger partial charge is 0.382 e. The molecule has 5 nitrogen and oxygen atoms in total. The molecular weight excluding hydrogens is 142 g/mol. The molecule has 11 heavy (non-hydrogen) atoms. The van der Waals surface area contributed by atoms with Gasteiger partial charge in [0.25, 0.3) is 0 Å². The second-order valence-electron chi connectivity index (χ2n) is 2.34. The Morgan fingerprint density at radius 1 is 1.55 bits per heavy atom. The third-order valence-corrected chi connectivity index (χ3v) is 1.51. The molecule has 0 atom stereocenters. The average Bonchev–Trinajstić information content (AvgIpc) is 2.55. The minimum atomic E-state index is 0.520. The van der Waals surface area contributed by atoms with E-state index in [1.54, 1.807) is 22.2 Å². The minimum Gasteiger partial charge on any atom is -0.382 e. The predicted octanol–water partition coefficient (Wildman–Crippen LogP) is -0.207. The van der Waals surface area contributed by atoms with Crippen molar-refractivity contribution < 1.29 is 0 Å². The molecule has 58 valence electrons. The Labute approximate surface area is 64.1 Å². The highest BCUT2D eigenvalue weighted by Crippen LogP contribution is 2.01. The Morgan fingerprint density at radius 3 is 3.00 bits per heavy atom. The number of nitrogens with zero attached hydrogens (tertiary/aromatic N) is 4. The molecule has 0 unspecified atom stereocenters. The standard InChI is InChI=1S/C6H9N5/c7-6-2-5-11(9-6)10-4-1-3-8-10/h2-3,5H,1,4H2,(H2,7,9). The highest BCUT2D eigenvalue weighted by molar-refractivity contribution is 5.60. The van der Waals surface area contributed by atoms with Gasteiger partial charge in [-0.3, -0.25) is 0 Å². The maximum atomic E-state index is 5.44. The van der Waals surface area contributed by atoms with Crippen LogP contribution in [0.5, 0.6) is 0 Å². The molecule has 0 fully saturated rings. The second-order valence-corrected chi connectivity index (χ2v) is 2.34. The van der Waals surface area contributed by atoms with Gasteiger partial charge in [-0.1, -0.05) is 0 Å². The summed E-state index contributed by atoms with van der Waals surface area (Å²) in [4.78, 5) is 1.64. The van der Waals surface area contributed by atoms with Gasteiger partial charge in [-0.15, -0.1) is 5.10 Å². The van der Waals surface area contributed by atoms with E-state index in [-0.39, 0.29) is 0 Å². The fourth-order valence-corrected chi connectivity index (χ4v) is 0.995. The number of anilines is 1. The smallest absolute Gasteiger partial charge is 0.147 e. The van der Waals surface area contributed by atoms with Crippen LogP contribution in [0.3, 0.4) is 0 Å². The first-order valence-electron chi connectivity index (χ1n) is 3.48. The Morgan fingerprint density at radius 2 is 2.45 bits per heavy atom. The first-order chi connectivity index (χ1) is 5.36. The molecule has 0 aliphatic carbocycles. The zero-order valence-corrected chi connectivity index (χ0v) is 6.01. The molecule has 1 aromatic heterocycles. The van der Waals surface area contributed by atoms with Crippen molar-refractivity contribution in [1.29, 1.82) is 0 Å². The molecule has 0 radical (unpaired) electrons. The maximum absolute atomic E-state index is 5.44. The van der Waals surface area contributed by atoms with Crippen molar-refractivity contribution in [2.45, 2.75) is 6.42 Å². The monoisotopic (exact) mass is 151 g/mol. The predicted molar refractivity (Wildman–Crippen MR) is 42.8 cm³/mol. The van der Waals surface area contributed by atoms with Crippen LogP contribution < -0.4 is 10.9 Å². The number of hydrazone groups is 1. The number of rotatable bonds is 1. The molecule has 5 heteroatoms. The van der Waals surface area contributed by atoms with E-state index < -0.39 is 0 Å². The second kappa shape index (κ2) is 2.26. The maximum Gasteiger partial charge on any atom is 0.147 e. The number of nitrogens with two attached hydrogens (primary N) is 1. The van der Waals surface area contributed by atoms with E-state index in [0.29, 0.717) is 5.82 Å². The lowest BCUT2D eigenvalue weighted by Crippen LogP contribution is -2.26. The third-order valence-electron chi connectivity index (χ3n) is 1.51. The molecule has 0 aromatic carbocycles. The van der Waals surface area contributed by atoms with Gasteiger partial charge >= 0.3 is 0 Å². The molecule has 0 saturated carbocycles. The van der Waals surface area contributed by atoms with Gasteiger partial charge in [0, 0.05) is 18.7 Å². The van der Waals surface area contributed by atoms with Crippen LogP contribution >= 0.6 is 0 Å². The third kappa shape index (κ3) is 1.04. The summed E-state index contributed by atoms with van der Waals surface area (Å²) in [5.41, 5.74) is 5.44. The van der Waals surface area contributed by atoms with Crippen molar-refractivity contribution in [3.63, 3.8) is 0 Å². The minimum absolute atomic E-state index is 0.520. The van der Waals surface area contributed by atoms with E-state index in [9.17, 15) is 0 Å². The topological polar surface area (TPSA) is 59.4 Å². The quantitative estimate of drug-likeness (QED) is 0.604. The number of aromatic nitrogens is 2. The summed E-state index contributed by atoms with van der Waals surface area (Å²) in [7, 11) is 0. The Balaban J connectivity index is 2.22. The van der Waals surface area contributed by atoms with Crippen molar-refractivity contribution in [2.75, 3.05) is 17.4 Å². The molecule has 1 aliphatic rings. The van der Waals surface area contributed by atoms with Crippen molar-refractivity contribution in [2.24, 2.45) is 5.10 Å². The van der Waals surface area contributed by atoms with Crippen LogP contribution in [0.15, 0.2) is 17.4 Å². The molecular formula is C6H9N5. The molecule has 2 rings (SSSR count). The van der Waals surface area contributed by atoms with Gasteiger partial charge in [0.1, 0.15) is 5.82 Å². The van der Waals surface area contributed by atoms with Crippen molar-refractivity contribution in [3.8, 4) is 0 Å². The normalized spacial score (nSPS) is 16.2. The summed E-state index contributed by atoms with van der Waals surface area (Å²) in [5, 5.41) is 9.83. The van der Waals surface area contributed by atoms with Gasteiger partial charge in [0.15, 0.2) is 0 Å². The molecule has 1 aromatic rings. The number of hydrogen-bond acceptors (Lipinski definition) is 4. The van der Waals surface area contributed by atoms with E-state index in [0.717, 1.165) is 13.0 Å². The van der Waals surface area contributed by atoms with E-state index in [4.69, 9.17) is 5.73 Å².